The number of nitrogens with one attached hydrogen (secondary N) is 1. The molecule has 1 aromatic carbocycles. The zero-order chi connectivity index (χ0) is 14.2. The van der Waals surface area contributed by atoms with Gasteiger partial charge >= 0.3 is 0 Å². The van der Waals surface area contributed by atoms with Crippen LogP contribution in [0.1, 0.15) is 25.8 Å². The standard InChI is InChI=1S/C16H22N2OS/c1-3-9-18-10-8-17-16(19,12(18)2)14-11-20-15-7-5-4-6-13(14)15/h4-7,11-12,17,19H,3,8-10H2,1-2H3. The molecular weight excluding hydrogens is 268 g/mol. The minimum absolute atomic E-state index is 0.0780. The fraction of sp³-hybridized carbons (Fsp3) is 0.500. The Morgan fingerprint density at radius 2 is 2.25 bits per heavy atom. The lowest BCUT2D eigenvalue weighted by Gasteiger charge is -2.46. The van der Waals surface area contributed by atoms with Crippen molar-refractivity contribution in [2.75, 3.05) is 19.6 Å². The maximum Gasteiger partial charge on any atom is 0.159 e. The molecule has 1 fully saturated rings. The third-order valence-electron chi connectivity index (χ3n) is 4.35. The first-order chi connectivity index (χ1) is 9.66. The largest absolute Gasteiger partial charge is 0.370 e. The van der Waals surface area contributed by atoms with Crippen molar-refractivity contribution >= 4 is 21.4 Å². The molecule has 2 atom stereocenters. The van der Waals surface area contributed by atoms with Gasteiger partial charge in [0, 0.05) is 23.4 Å². The lowest BCUT2D eigenvalue weighted by atomic mass is 9.92. The molecule has 1 saturated heterocycles. The second kappa shape index (κ2) is 5.45. The normalized spacial score (nSPS) is 28.1. The van der Waals surface area contributed by atoms with Gasteiger partial charge in [-0.3, -0.25) is 10.2 Å². The molecule has 1 aliphatic heterocycles. The molecule has 2 aromatic rings. The van der Waals surface area contributed by atoms with Crippen molar-refractivity contribution in [1.29, 1.82) is 0 Å². The smallest absolute Gasteiger partial charge is 0.159 e. The molecule has 2 heterocycles. The Morgan fingerprint density at radius 1 is 1.45 bits per heavy atom. The van der Waals surface area contributed by atoms with Crippen LogP contribution >= 0.6 is 11.3 Å². The van der Waals surface area contributed by atoms with Crippen LogP contribution < -0.4 is 5.32 Å². The predicted octanol–water partition coefficient (Wildman–Crippen LogP) is 2.75. The predicted molar refractivity (Wildman–Crippen MR) is 85.1 cm³/mol. The lowest BCUT2D eigenvalue weighted by molar-refractivity contribution is -0.0959. The van der Waals surface area contributed by atoms with Crippen molar-refractivity contribution in [3.8, 4) is 0 Å². The highest BCUT2D eigenvalue weighted by Gasteiger charge is 2.42. The van der Waals surface area contributed by atoms with Gasteiger partial charge in [-0.15, -0.1) is 11.3 Å². The Bertz CT molecular complexity index is 595. The first-order valence-corrected chi connectivity index (χ1v) is 8.23. The second-order valence-corrected chi connectivity index (χ2v) is 6.46. The van der Waals surface area contributed by atoms with Crippen molar-refractivity contribution < 1.29 is 5.11 Å². The molecule has 0 spiro atoms. The van der Waals surface area contributed by atoms with Gasteiger partial charge < -0.3 is 5.11 Å². The van der Waals surface area contributed by atoms with Gasteiger partial charge in [-0.25, -0.2) is 0 Å². The summed E-state index contributed by atoms with van der Waals surface area (Å²) < 4.78 is 1.23. The summed E-state index contributed by atoms with van der Waals surface area (Å²) in [7, 11) is 0. The van der Waals surface area contributed by atoms with Gasteiger partial charge in [0.1, 0.15) is 0 Å². The minimum Gasteiger partial charge on any atom is -0.370 e. The zero-order valence-electron chi connectivity index (χ0n) is 12.1. The van der Waals surface area contributed by atoms with Crippen LogP contribution in [0.3, 0.4) is 0 Å². The van der Waals surface area contributed by atoms with Crippen LogP contribution in [-0.2, 0) is 5.72 Å². The van der Waals surface area contributed by atoms with E-state index in [9.17, 15) is 5.11 Å². The Labute approximate surface area is 124 Å². The maximum absolute atomic E-state index is 11.2. The molecule has 2 unspecified atom stereocenters. The molecule has 2 N–H and O–H groups in total. The van der Waals surface area contributed by atoms with Gasteiger partial charge in [0.15, 0.2) is 5.72 Å². The van der Waals surface area contributed by atoms with Gasteiger partial charge in [0.05, 0.1) is 6.04 Å². The number of thiophene rings is 1. The highest BCUT2D eigenvalue weighted by molar-refractivity contribution is 7.17. The summed E-state index contributed by atoms with van der Waals surface area (Å²) in [6.07, 6.45) is 1.12. The minimum atomic E-state index is -0.951. The zero-order valence-corrected chi connectivity index (χ0v) is 12.9. The highest BCUT2D eigenvalue weighted by Crippen LogP contribution is 2.36. The Balaban J connectivity index is 2.02. The van der Waals surface area contributed by atoms with E-state index in [0.29, 0.717) is 0 Å². The van der Waals surface area contributed by atoms with Gasteiger partial charge in [-0.2, -0.15) is 0 Å². The molecule has 0 saturated carbocycles. The van der Waals surface area contributed by atoms with E-state index in [1.165, 1.54) is 4.70 Å². The summed E-state index contributed by atoms with van der Waals surface area (Å²) in [4.78, 5) is 2.38. The molecule has 3 rings (SSSR count). The van der Waals surface area contributed by atoms with E-state index in [-0.39, 0.29) is 6.04 Å². The Hall–Kier alpha value is -0.940. The molecule has 0 aliphatic carbocycles. The van der Waals surface area contributed by atoms with Crippen molar-refractivity contribution in [2.24, 2.45) is 0 Å². The lowest BCUT2D eigenvalue weighted by Crippen LogP contribution is -2.63. The fourth-order valence-electron chi connectivity index (χ4n) is 3.18. The van der Waals surface area contributed by atoms with E-state index in [1.54, 1.807) is 11.3 Å². The maximum atomic E-state index is 11.2. The Morgan fingerprint density at radius 3 is 3.05 bits per heavy atom. The van der Waals surface area contributed by atoms with E-state index in [2.05, 4.69) is 41.6 Å². The van der Waals surface area contributed by atoms with E-state index in [1.807, 2.05) is 12.1 Å². The molecule has 20 heavy (non-hydrogen) atoms. The van der Waals surface area contributed by atoms with E-state index < -0.39 is 5.72 Å². The fourth-order valence-corrected chi connectivity index (χ4v) is 4.20. The van der Waals surface area contributed by atoms with Crippen LogP contribution in [0.2, 0.25) is 0 Å². The number of aliphatic hydroxyl groups is 1. The van der Waals surface area contributed by atoms with Crippen LogP contribution in [0.5, 0.6) is 0 Å². The van der Waals surface area contributed by atoms with Crippen LogP contribution in [0.15, 0.2) is 29.6 Å². The average molecular weight is 290 g/mol. The van der Waals surface area contributed by atoms with Crippen molar-refractivity contribution in [1.82, 2.24) is 10.2 Å². The average Bonchev–Trinajstić information content (AvgIpc) is 2.89. The molecule has 1 aliphatic rings. The number of piperazine rings is 1. The van der Waals surface area contributed by atoms with Crippen LogP contribution in [-0.4, -0.2) is 35.7 Å². The highest BCUT2D eigenvalue weighted by atomic mass is 32.1. The van der Waals surface area contributed by atoms with Gasteiger partial charge in [0.25, 0.3) is 0 Å². The van der Waals surface area contributed by atoms with Crippen molar-refractivity contribution in [2.45, 2.75) is 32.0 Å². The first-order valence-electron chi connectivity index (χ1n) is 7.35. The van der Waals surface area contributed by atoms with E-state index in [4.69, 9.17) is 0 Å². The molecule has 3 nitrogen and oxygen atoms in total. The third kappa shape index (κ3) is 2.17. The summed E-state index contributed by atoms with van der Waals surface area (Å²) in [5, 5.41) is 17.9. The number of nitrogens with zero attached hydrogens (tertiary/aromatic N) is 1. The van der Waals surface area contributed by atoms with Crippen molar-refractivity contribution in [3.63, 3.8) is 0 Å². The molecule has 0 amide bonds. The first kappa shape index (κ1) is 14.0. The number of benzene rings is 1. The van der Waals surface area contributed by atoms with E-state index in [0.717, 1.165) is 37.0 Å². The number of fused-ring (bicyclic) bond motifs is 1. The third-order valence-corrected chi connectivity index (χ3v) is 5.31. The Kier molecular flexibility index (Phi) is 3.82. The van der Waals surface area contributed by atoms with Gasteiger partial charge in [0.2, 0.25) is 0 Å². The molecule has 0 radical (unpaired) electrons. The molecule has 108 valence electrons. The summed E-state index contributed by atoms with van der Waals surface area (Å²) in [5.74, 6) is 0. The SMILES string of the molecule is CCCN1CCNC(O)(c2csc3ccccc23)C1C. The molecular formula is C16H22N2OS. The number of rotatable bonds is 3. The quantitative estimate of drug-likeness (QED) is 0.912. The van der Waals surface area contributed by atoms with Gasteiger partial charge in [-0.1, -0.05) is 25.1 Å². The number of hydrogen-bond donors (Lipinski definition) is 2. The van der Waals surface area contributed by atoms with Crippen LogP contribution in [0.4, 0.5) is 0 Å². The van der Waals surface area contributed by atoms with Gasteiger partial charge in [-0.05, 0) is 36.7 Å². The number of hydrogen-bond acceptors (Lipinski definition) is 4. The summed E-state index contributed by atoms with van der Waals surface area (Å²) in [6, 6.07) is 8.39. The molecule has 0 bridgehead atoms. The van der Waals surface area contributed by atoms with Crippen LogP contribution in [0.25, 0.3) is 10.1 Å². The van der Waals surface area contributed by atoms with Crippen LogP contribution in [0, 0.1) is 0 Å². The summed E-state index contributed by atoms with van der Waals surface area (Å²) in [6.45, 7) is 7.17. The second-order valence-electron chi connectivity index (χ2n) is 5.55. The molecule has 1 aromatic heterocycles. The molecule has 4 heteroatoms. The summed E-state index contributed by atoms with van der Waals surface area (Å²) >= 11 is 1.70. The topological polar surface area (TPSA) is 35.5 Å². The monoisotopic (exact) mass is 290 g/mol. The summed E-state index contributed by atoms with van der Waals surface area (Å²) in [5.41, 5.74) is 0.0685. The van der Waals surface area contributed by atoms with E-state index >= 15 is 0 Å². The van der Waals surface area contributed by atoms with Crippen molar-refractivity contribution in [3.05, 3.63) is 35.2 Å².